The van der Waals surface area contributed by atoms with Crippen LogP contribution in [0.5, 0.6) is 0 Å². The van der Waals surface area contributed by atoms with Gasteiger partial charge >= 0.3 is 6.09 Å². The summed E-state index contributed by atoms with van der Waals surface area (Å²) < 4.78 is 6.74. The Kier molecular flexibility index (Phi) is 4.55. The van der Waals surface area contributed by atoms with Gasteiger partial charge in [-0.2, -0.15) is 15.0 Å². The first kappa shape index (κ1) is 17.8. The van der Waals surface area contributed by atoms with Gasteiger partial charge in [0, 0.05) is 6.20 Å². The van der Waals surface area contributed by atoms with E-state index in [-0.39, 0.29) is 12.0 Å². The summed E-state index contributed by atoms with van der Waals surface area (Å²) in [5, 5.41) is 3.20. The predicted octanol–water partition coefficient (Wildman–Crippen LogP) is 1.59. The van der Waals surface area contributed by atoms with Crippen LogP contribution in [-0.4, -0.2) is 53.7 Å². The summed E-state index contributed by atoms with van der Waals surface area (Å²) in [5.41, 5.74) is 1.63. The minimum Gasteiger partial charge on any atom is -0.447 e. The maximum absolute atomic E-state index is 11.8. The van der Waals surface area contributed by atoms with Crippen LogP contribution in [0.3, 0.4) is 0 Å². The van der Waals surface area contributed by atoms with Gasteiger partial charge in [-0.3, -0.25) is 9.55 Å². The molecule has 0 aliphatic carbocycles. The third-order valence-electron chi connectivity index (χ3n) is 4.16. The Bertz CT molecular complexity index is 1000. The molecule has 0 spiro atoms. The molecule has 11 nitrogen and oxygen atoms in total. The fourth-order valence-corrected chi connectivity index (χ4v) is 2.70. The Morgan fingerprint density at radius 1 is 1.14 bits per heavy atom. The number of cyclic esters (lactones) is 1. The second kappa shape index (κ2) is 7.18. The fourth-order valence-electron chi connectivity index (χ4n) is 2.70. The number of imidazole rings is 1. The molecule has 1 saturated heterocycles. The first-order chi connectivity index (χ1) is 13.5. The molecule has 28 heavy (non-hydrogen) atoms. The van der Waals surface area contributed by atoms with Crippen LogP contribution in [0.2, 0.25) is 0 Å². The van der Waals surface area contributed by atoms with Gasteiger partial charge in [-0.25, -0.2) is 19.7 Å². The molecular formula is C17H19N9O2. The van der Waals surface area contributed by atoms with Crippen molar-refractivity contribution in [3.8, 4) is 5.82 Å². The fraction of sp³-hybridized carbons (Fsp3) is 0.353. The SMILES string of the molecule is Cc1cnc(-n2cnc([C@H](C)Nc3nc(C)nc(N4CCOC4=O)n3)c2)cn1. The molecule has 1 atom stereocenters. The van der Waals surface area contributed by atoms with E-state index in [1.54, 1.807) is 30.2 Å². The Labute approximate surface area is 160 Å². The van der Waals surface area contributed by atoms with E-state index in [1.165, 1.54) is 4.90 Å². The number of ether oxygens (including phenoxy) is 1. The topological polar surface area (TPSA) is 124 Å². The quantitative estimate of drug-likeness (QED) is 0.701. The third kappa shape index (κ3) is 3.59. The van der Waals surface area contributed by atoms with E-state index in [4.69, 9.17) is 4.74 Å². The van der Waals surface area contributed by atoms with Crippen LogP contribution in [0.25, 0.3) is 5.82 Å². The van der Waals surface area contributed by atoms with E-state index in [2.05, 4.69) is 35.2 Å². The van der Waals surface area contributed by atoms with Crippen molar-refractivity contribution in [2.75, 3.05) is 23.4 Å². The molecule has 0 radical (unpaired) electrons. The third-order valence-corrected chi connectivity index (χ3v) is 4.16. The molecule has 0 aromatic carbocycles. The predicted molar refractivity (Wildman–Crippen MR) is 99.2 cm³/mol. The average Bonchev–Trinajstić information content (AvgIpc) is 3.31. The molecule has 1 aliphatic rings. The van der Waals surface area contributed by atoms with Crippen LogP contribution in [-0.2, 0) is 4.74 Å². The van der Waals surface area contributed by atoms with Gasteiger partial charge in [0.2, 0.25) is 11.9 Å². The van der Waals surface area contributed by atoms with Gasteiger partial charge in [-0.05, 0) is 20.8 Å². The van der Waals surface area contributed by atoms with Gasteiger partial charge in [0.05, 0.1) is 36.4 Å². The normalized spacial score (nSPS) is 14.8. The Morgan fingerprint density at radius 3 is 2.71 bits per heavy atom. The molecule has 0 unspecified atom stereocenters. The molecule has 1 N–H and O–H groups in total. The highest BCUT2D eigenvalue weighted by atomic mass is 16.6. The summed E-state index contributed by atoms with van der Waals surface area (Å²) in [4.78, 5) is 39.0. The number of hydrogen-bond acceptors (Lipinski definition) is 9. The van der Waals surface area contributed by atoms with E-state index in [9.17, 15) is 4.79 Å². The number of nitrogens with one attached hydrogen (secondary N) is 1. The van der Waals surface area contributed by atoms with E-state index in [0.717, 1.165) is 11.4 Å². The molecule has 144 valence electrons. The van der Waals surface area contributed by atoms with Crippen molar-refractivity contribution in [1.82, 2.24) is 34.5 Å². The van der Waals surface area contributed by atoms with Crippen LogP contribution >= 0.6 is 0 Å². The lowest BCUT2D eigenvalue weighted by Crippen LogP contribution is -2.26. The number of aryl methyl sites for hydroxylation is 2. The number of aromatic nitrogens is 7. The van der Waals surface area contributed by atoms with Crippen molar-refractivity contribution in [2.24, 2.45) is 0 Å². The van der Waals surface area contributed by atoms with Crippen molar-refractivity contribution in [3.05, 3.63) is 42.1 Å². The van der Waals surface area contributed by atoms with Crippen molar-refractivity contribution in [2.45, 2.75) is 26.8 Å². The summed E-state index contributed by atoms with van der Waals surface area (Å²) in [7, 11) is 0. The first-order valence-corrected chi connectivity index (χ1v) is 8.76. The second-order valence-corrected chi connectivity index (χ2v) is 6.36. The monoisotopic (exact) mass is 381 g/mol. The number of hydrogen-bond donors (Lipinski definition) is 1. The van der Waals surface area contributed by atoms with Crippen molar-refractivity contribution in [3.63, 3.8) is 0 Å². The molecule has 3 aromatic heterocycles. The lowest BCUT2D eigenvalue weighted by molar-refractivity contribution is 0.181. The van der Waals surface area contributed by atoms with Crippen LogP contribution in [0, 0.1) is 13.8 Å². The molecule has 11 heteroatoms. The summed E-state index contributed by atoms with van der Waals surface area (Å²) in [6.07, 6.45) is 6.48. The average molecular weight is 381 g/mol. The van der Waals surface area contributed by atoms with Crippen LogP contribution in [0.15, 0.2) is 24.9 Å². The van der Waals surface area contributed by atoms with Gasteiger partial charge in [0.25, 0.3) is 0 Å². The number of anilines is 2. The second-order valence-electron chi connectivity index (χ2n) is 6.36. The zero-order valence-corrected chi connectivity index (χ0v) is 15.7. The van der Waals surface area contributed by atoms with Gasteiger partial charge in [-0.15, -0.1) is 0 Å². The molecule has 3 aromatic rings. The van der Waals surface area contributed by atoms with Gasteiger partial charge < -0.3 is 10.1 Å². The maximum atomic E-state index is 11.8. The van der Waals surface area contributed by atoms with Crippen LogP contribution < -0.4 is 10.2 Å². The van der Waals surface area contributed by atoms with E-state index in [0.29, 0.717) is 30.7 Å². The van der Waals surface area contributed by atoms with Crippen LogP contribution in [0.4, 0.5) is 16.7 Å². The first-order valence-electron chi connectivity index (χ1n) is 8.76. The summed E-state index contributed by atoms with van der Waals surface area (Å²) in [6.45, 7) is 6.31. The standard InChI is InChI=1S/C17H19N9O2/c1-10-6-19-14(7-18-10)25-8-13(20-9-25)11(2)21-15-22-12(3)23-16(24-15)26-4-5-28-17(26)27/h6-9,11H,4-5H2,1-3H3,(H,21,22,23,24)/t11-/m0/s1. The van der Waals surface area contributed by atoms with E-state index >= 15 is 0 Å². The van der Waals surface area contributed by atoms with Crippen molar-refractivity contribution in [1.29, 1.82) is 0 Å². The zero-order chi connectivity index (χ0) is 19.7. The molecule has 1 fully saturated rings. The minimum absolute atomic E-state index is 0.181. The molecule has 0 saturated carbocycles. The van der Waals surface area contributed by atoms with Gasteiger partial charge in [0.1, 0.15) is 18.8 Å². The van der Waals surface area contributed by atoms with Crippen molar-refractivity contribution < 1.29 is 9.53 Å². The Morgan fingerprint density at radius 2 is 2.00 bits per heavy atom. The Balaban J connectivity index is 1.52. The van der Waals surface area contributed by atoms with E-state index < -0.39 is 6.09 Å². The number of amides is 1. The smallest absolute Gasteiger partial charge is 0.416 e. The number of carbonyl (C=O) groups is 1. The lowest BCUT2D eigenvalue weighted by atomic mass is 10.2. The molecule has 0 bridgehead atoms. The van der Waals surface area contributed by atoms with Crippen molar-refractivity contribution >= 4 is 18.0 Å². The largest absolute Gasteiger partial charge is 0.447 e. The highest BCUT2D eigenvalue weighted by molar-refractivity contribution is 5.87. The molecule has 4 rings (SSSR count). The number of nitrogens with zero attached hydrogens (tertiary/aromatic N) is 8. The number of carbonyl (C=O) groups excluding carboxylic acids is 1. The zero-order valence-electron chi connectivity index (χ0n) is 15.7. The Hall–Kier alpha value is -3.63. The van der Waals surface area contributed by atoms with Gasteiger partial charge in [-0.1, -0.05) is 0 Å². The summed E-state index contributed by atoms with van der Waals surface area (Å²) in [5.74, 6) is 1.81. The minimum atomic E-state index is -0.456. The highest BCUT2D eigenvalue weighted by Crippen LogP contribution is 2.19. The molecule has 1 aliphatic heterocycles. The molecular weight excluding hydrogens is 362 g/mol. The highest BCUT2D eigenvalue weighted by Gasteiger charge is 2.27. The van der Waals surface area contributed by atoms with Crippen LogP contribution in [0.1, 0.15) is 30.2 Å². The maximum Gasteiger partial charge on any atom is 0.416 e. The summed E-state index contributed by atoms with van der Waals surface area (Å²) >= 11 is 0. The molecule has 1 amide bonds. The van der Waals surface area contributed by atoms with Gasteiger partial charge in [0.15, 0.2) is 5.82 Å². The molecule has 4 heterocycles. The number of rotatable bonds is 5. The summed E-state index contributed by atoms with van der Waals surface area (Å²) in [6, 6.07) is -0.181. The lowest BCUT2D eigenvalue weighted by Gasteiger charge is -2.15. The van der Waals surface area contributed by atoms with E-state index in [1.807, 2.05) is 20.0 Å².